The highest BCUT2D eigenvalue weighted by Crippen LogP contribution is 2.36. The lowest BCUT2D eigenvalue weighted by atomic mass is 10.0. The summed E-state index contributed by atoms with van der Waals surface area (Å²) < 4.78 is 39.5. The lowest BCUT2D eigenvalue weighted by Gasteiger charge is -2.29. The minimum atomic E-state index is -4.54. The molecule has 0 fully saturated rings. The quantitative estimate of drug-likeness (QED) is 0.784. The summed E-state index contributed by atoms with van der Waals surface area (Å²) in [5.41, 5.74) is 2.11. The van der Waals surface area contributed by atoms with Gasteiger partial charge in [-0.05, 0) is 25.1 Å². The van der Waals surface area contributed by atoms with Crippen LogP contribution < -0.4 is 4.90 Å². The number of carbonyl (C=O) groups excluding carboxylic acids is 1. The van der Waals surface area contributed by atoms with Gasteiger partial charge in [0.1, 0.15) is 0 Å². The van der Waals surface area contributed by atoms with Crippen LogP contribution in [0.3, 0.4) is 0 Å². The highest BCUT2D eigenvalue weighted by Gasteiger charge is 2.35. The van der Waals surface area contributed by atoms with E-state index in [1.54, 1.807) is 11.6 Å². The molecule has 1 aliphatic heterocycles. The smallest absolute Gasteiger partial charge is 0.366 e. The molecule has 1 aromatic carbocycles. The number of ketones is 1. The summed E-state index contributed by atoms with van der Waals surface area (Å²) in [7, 11) is 0. The van der Waals surface area contributed by atoms with Gasteiger partial charge in [0, 0.05) is 29.1 Å². The zero-order valence-corrected chi connectivity index (χ0v) is 12.6. The molecule has 1 aromatic heterocycles. The Bertz CT molecular complexity index is 724. The number of anilines is 1. The van der Waals surface area contributed by atoms with Gasteiger partial charge in [0.2, 0.25) is 0 Å². The lowest BCUT2D eigenvalue weighted by Crippen LogP contribution is -2.30. The van der Waals surface area contributed by atoms with Gasteiger partial charge in [0.15, 0.2) is 5.78 Å². The summed E-state index contributed by atoms with van der Waals surface area (Å²) in [6.07, 6.45) is -3.82. The van der Waals surface area contributed by atoms with Crippen molar-refractivity contribution in [2.75, 3.05) is 11.4 Å². The monoisotopic (exact) mass is 326 g/mol. The van der Waals surface area contributed by atoms with Crippen molar-refractivity contribution in [3.05, 3.63) is 45.4 Å². The second-order valence-corrected chi connectivity index (χ2v) is 6.12. The van der Waals surface area contributed by atoms with E-state index in [1.165, 1.54) is 17.4 Å². The summed E-state index contributed by atoms with van der Waals surface area (Å²) >= 11 is 1.51. The Morgan fingerprint density at radius 2 is 2.14 bits per heavy atom. The van der Waals surface area contributed by atoms with E-state index in [4.69, 9.17) is 0 Å². The molecule has 0 saturated carbocycles. The fourth-order valence-corrected chi connectivity index (χ4v) is 3.44. The number of nitrogens with zero attached hydrogens (tertiary/aromatic N) is 2. The maximum absolute atomic E-state index is 13.2. The predicted octanol–water partition coefficient (Wildman–Crippen LogP) is 3.93. The molecule has 0 spiro atoms. The Kier molecular flexibility index (Phi) is 3.68. The van der Waals surface area contributed by atoms with Gasteiger partial charge in [0.05, 0.1) is 23.3 Å². The fourth-order valence-electron chi connectivity index (χ4n) is 2.61. The minimum Gasteiger partial charge on any atom is -0.366 e. The summed E-state index contributed by atoms with van der Waals surface area (Å²) in [6, 6.07) is 3.92. The Hall–Kier alpha value is -1.89. The van der Waals surface area contributed by atoms with Crippen molar-refractivity contribution in [3.8, 4) is 0 Å². The van der Waals surface area contributed by atoms with E-state index < -0.39 is 17.5 Å². The van der Waals surface area contributed by atoms with Gasteiger partial charge >= 0.3 is 6.18 Å². The number of benzene rings is 1. The van der Waals surface area contributed by atoms with Gasteiger partial charge in [-0.3, -0.25) is 4.79 Å². The highest BCUT2D eigenvalue weighted by atomic mass is 32.1. The number of thiazole rings is 1. The Balaban J connectivity index is 1.97. The molecule has 0 N–H and O–H groups in total. The van der Waals surface area contributed by atoms with Crippen LogP contribution in [-0.4, -0.2) is 17.3 Å². The summed E-state index contributed by atoms with van der Waals surface area (Å²) in [4.78, 5) is 18.6. The standard InChI is InChI=1S/C15H13F3N2OS/c1-9(21)11-3-2-10(6-12(11)15(16,17)18)20-5-4-13-14(7-20)22-8-19-13/h2-3,6,8H,4-5,7H2,1H3. The molecule has 2 aromatic rings. The molecule has 116 valence electrons. The number of hydrogen-bond donors (Lipinski definition) is 0. The van der Waals surface area contributed by atoms with Crippen LogP contribution in [0, 0.1) is 0 Å². The van der Waals surface area contributed by atoms with Crippen molar-refractivity contribution in [3.63, 3.8) is 0 Å². The van der Waals surface area contributed by atoms with Gasteiger partial charge in [-0.25, -0.2) is 4.98 Å². The molecule has 22 heavy (non-hydrogen) atoms. The van der Waals surface area contributed by atoms with E-state index >= 15 is 0 Å². The van der Waals surface area contributed by atoms with Crippen molar-refractivity contribution in [1.29, 1.82) is 0 Å². The third-order valence-electron chi connectivity index (χ3n) is 3.73. The molecule has 0 aliphatic carbocycles. The summed E-state index contributed by atoms with van der Waals surface area (Å²) in [5, 5.41) is 0. The van der Waals surface area contributed by atoms with Crippen molar-refractivity contribution in [2.45, 2.75) is 26.1 Å². The number of rotatable bonds is 2. The average Bonchev–Trinajstić information content (AvgIpc) is 2.93. The van der Waals surface area contributed by atoms with Crippen LogP contribution >= 0.6 is 11.3 Å². The van der Waals surface area contributed by atoms with Gasteiger partial charge in [-0.15, -0.1) is 11.3 Å². The zero-order chi connectivity index (χ0) is 15.9. The van der Waals surface area contributed by atoms with Crippen molar-refractivity contribution in [1.82, 2.24) is 4.98 Å². The van der Waals surface area contributed by atoms with Gasteiger partial charge in [-0.2, -0.15) is 13.2 Å². The van der Waals surface area contributed by atoms with E-state index in [1.807, 2.05) is 4.90 Å². The topological polar surface area (TPSA) is 33.2 Å². The Labute approximate surface area is 129 Å². The second-order valence-electron chi connectivity index (χ2n) is 5.18. The molecule has 2 heterocycles. The third kappa shape index (κ3) is 2.72. The molecule has 0 saturated heterocycles. The number of aromatic nitrogens is 1. The van der Waals surface area contributed by atoms with Crippen LogP contribution in [0.25, 0.3) is 0 Å². The molecule has 3 rings (SSSR count). The largest absolute Gasteiger partial charge is 0.417 e. The second kappa shape index (κ2) is 5.39. The zero-order valence-electron chi connectivity index (χ0n) is 11.8. The molecule has 0 radical (unpaired) electrons. The van der Waals surface area contributed by atoms with Crippen molar-refractivity contribution < 1.29 is 18.0 Å². The van der Waals surface area contributed by atoms with Crippen molar-refractivity contribution in [2.24, 2.45) is 0 Å². The number of Topliss-reactive ketones (excluding diaryl/α,β-unsaturated/α-hetero) is 1. The van der Waals surface area contributed by atoms with Gasteiger partial charge < -0.3 is 4.90 Å². The Morgan fingerprint density at radius 1 is 1.36 bits per heavy atom. The van der Waals surface area contributed by atoms with E-state index in [0.717, 1.165) is 23.6 Å². The SMILES string of the molecule is CC(=O)c1ccc(N2CCc3ncsc3C2)cc1C(F)(F)F. The predicted molar refractivity (Wildman–Crippen MR) is 78.3 cm³/mol. The van der Waals surface area contributed by atoms with Crippen LogP contribution in [-0.2, 0) is 19.1 Å². The van der Waals surface area contributed by atoms with E-state index in [-0.39, 0.29) is 5.56 Å². The maximum Gasteiger partial charge on any atom is 0.417 e. The molecular formula is C15H13F3N2OS. The third-order valence-corrected chi connectivity index (χ3v) is 4.59. The first-order valence-electron chi connectivity index (χ1n) is 6.74. The van der Waals surface area contributed by atoms with Crippen LogP contribution in [0.15, 0.2) is 23.7 Å². The van der Waals surface area contributed by atoms with Crippen LogP contribution in [0.4, 0.5) is 18.9 Å². The number of carbonyl (C=O) groups is 1. The van der Waals surface area contributed by atoms with E-state index in [0.29, 0.717) is 25.2 Å². The molecule has 3 nitrogen and oxygen atoms in total. The molecule has 7 heteroatoms. The normalized spacial score (nSPS) is 14.8. The molecule has 0 atom stereocenters. The highest BCUT2D eigenvalue weighted by molar-refractivity contribution is 7.09. The van der Waals surface area contributed by atoms with Crippen LogP contribution in [0.5, 0.6) is 0 Å². The van der Waals surface area contributed by atoms with E-state index in [9.17, 15) is 18.0 Å². The van der Waals surface area contributed by atoms with Gasteiger partial charge in [-0.1, -0.05) is 0 Å². The van der Waals surface area contributed by atoms with Crippen molar-refractivity contribution >= 4 is 22.8 Å². The average molecular weight is 326 g/mol. The Morgan fingerprint density at radius 3 is 2.82 bits per heavy atom. The number of halogens is 3. The fraction of sp³-hybridized carbons (Fsp3) is 0.333. The number of alkyl halides is 3. The summed E-state index contributed by atoms with van der Waals surface area (Å²) in [6.45, 7) is 2.32. The number of fused-ring (bicyclic) bond motifs is 1. The number of hydrogen-bond acceptors (Lipinski definition) is 4. The first-order valence-corrected chi connectivity index (χ1v) is 7.62. The maximum atomic E-state index is 13.2. The van der Waals surface area contributed by atoms with Gasteiger partial charge in [0.25, 0.3) is 0 Å². The first-order chi connectivity index (χ1) is 10.4. The molecular weight excluding hydrogens is 313 g/mol. The molecule has 0 unspecified atom stereocenters. The lowest BCUT2D eigenvalue weighted by molar-refractivity contribution is -0.137. The molecule has 1 aliphatic rings. The minimum absolute atomic E-state index is 0.285. The molecule has 0 bridgehead atoms. The molecule has 0 amide bonds. The van der Waals surface area contributed by atoms with Crippen LogP contribution in [0.1, 0.15) is 33.4 Å². The van der Waals surface area contributed by atoms with E-state index in [2.05, 4.69) is 4.98 Å². The summed E-state index contributed by atoms with van der Waals surface area (Å²) in [5.74, 6) is -0.581. The first kappa shape index (κ1) is 15.0. The van der Waals surface area contributed by atoms with Crippen LogP contribution in [0.2, 0.25) is 0 Å².